The second-order valence-corrected chi connectivity index (χ2v) is 5.87. The summed E-state index contributed by atoms with van der Waals surface area (Å²) >= 11 is 1.32. The van der Waals surface area contributed by atoms with Crippen LogP contribution in [-0.4, -0.2) is 31.4 Å². The molecule has 0 radical (unpaired) electrons. The van der Waals surface area contributed by atoms with Crippen LogP contribution in [0.3, 0.4) is 0 Å². The minimum absolute atomic E-state index is 0.0597. The van der Waals surface area contributed by atoms with E-state index < -0.39 is 17.8 Å². The number of methoxy groups -OCH3 is 1. The number of nitrogens with zero attached hydrogens (tertiary/aromatic N) is 1. The number of fused-ring (bicyclic) bond motifs is 1. The van der Waals surface area contributed by atoms with Crippen LogP contribution in [0.5, 0.6) is 0 Å². The van der Waals surface area contributed by atoms with Gasteiger partial charge in [0.1, 0.15) is 0 Å². The van der Waals surface area contributed by atoms with Gasteiger partial charge in [-0.25, -0.2) is 4.99 Å². The molecule has 1 atom stereocenters. The molecule has 25 heavy (non-hydrogen) atoms. The fourth-order valence-corrected chi connectivity index (χ4v) is 2.91. The summed E-state index contributed by atoms with van der Waals surface area (Å²) in [5.74, 6) is -1.36. The van der Waals surface area contributed by atoms with Crippen LogP contribution in [0.2, 0.25) is 0 Å². The number of carbonyl (C=O) groups is 2. The lowest BCUT2D eigenvalue weighted by molar-refractivity contribution is -0.143. The van der Waals surface area contributed by atoms with Crippen molar-refractivity contribution in [3.8, 4) is 0 Å². The van der Waals surface area contributed by atoms with Gasteiger partial charge >= 0.3 is 5.97 Å². The first-order valence-electron chi connectivity index (χ1n) is 7.52. The molecular formula is C18H19N3O3S. The Morgan fingerprint density at radius 3 is 2.84 bits per heavy atom. The third-order valence-electron chi connectivity index (χ3n) is 3.47. The van der Waals surface area contributed by atoms with Gasteiger partial charge in [0.2, 0.25) is 5.84 Å². The first kappa shape index (κ1) is 18.5. The third-order valence-corrected chi connectivity index (χ3v) is 4.33. The van der Waals surface area contributed by atoms with Gasteiger partial charge in [0, 0.05) is 6.54 Å². The van der Waals surface area contributed by atoms with Crippen LogP contribution in [0.25, 0.3) is 0 Å². The highest BCUT2D eigenvalue weighted by Gasteiger charge is 2.24. The molecule has 6 nitrogen and oxygen atoms in total. The fourth-order valence-electron chi connectivity index (χ4n) is 2.20. The molecule has 0 aromatic heterocycles. The molecule has 1 aromatic rings. The van der Waals surface area contributed by atoms with E-state index in [-0.39, 0.29) is 12.4 Å². The van der Waals surface area contributed by atoms with Crippen LogP contribution >= 0.6 is 11.9 Å². The number of amidine groups is 1. The van der Waals surface area contributed by atoms with Crippen LogP contribution < -0.4 is 10.0 Å². The van der Waals surface area contributed by atoms with E-state index in [1.807, 2.05) is 24.3 Å². The number of esters is 1. The summed E-state index contributed by atoms with van der Waals surface area (Å²) in [6.45, 7) is 7.35. The SMILES string of the molecule is C=C/C=C(\C=C)C(CNC(=O)C1=Nc2ccccc2SN1)C(=O)OC. The zero-order valence-corrected chi connectivity index (χ0v) is 14.6. The van der Waals surface area contributed by atoms with Gasteiger partial charge in [-0.05, 0) is 29.7 Å². The molecule has 130 valence electrons. The van der Waals surface area contributed by atoms with Crippen molar-refractivity contribution < 1.29 is 14.3 Å². The summed E-state index contributed by atoms with van der Waals surface area (Å²) in [5.41, 5.74) is 1.33. The van der Waals surface area contributed by atoms with Crippen molar-refractivity contribution >= 4 is 35.3 Å². The summed E-state index contributed by atoms with van der Waals surface area (Å²) in [4.78, 5) is 29.6. The quantitative estimate of drug-likeness (QED) is 0.445. The van der Waals surface area contributed by atoms with Gasteiger partial charge < -0.3 is 14.8 Å². The van der Waals surface area contributed by atoms with Crippen molar-refractivity contribution in [3.63, 3.8) is 0 Å². The maximum Gasteiger partial charge on any atom is 0.314 e. The van der Waals surface area contributed by atoms with E-state index in [0.717, 1.165) is 10.6 Å². The van der Waals surface area contributed by atoms with Crippen molar-refractivity contribution in [2.24, 2.45) is 10.9 Å². The minimum Gasteiger partial charge on any atom is -0.468 e. The number of aliphatic imine (C=N–C) groups is 1. The van der Waals surface area contributed by atoms with E-state index in [0.29, 0.717) is 5.57 Å². The highest BCUT2D eigenvalue weighted by molar-refractivity contribution is 7.98. The van der Waals surface area contributed by atoms with Gasteiger partial charge in [0.15, 0.2) is 0 Å². The Morgan fingerprint density at radius 1 is 1.40 bits per heavy atom. The van der Waals surface area contributed by atoms with E-state index in [2.05, 4.69) is 28.2 Å². The third kappa shape index (κ3) is 4.60. The number of nitrogens with one attached hydrogen (secondary N) is 2. The zero-order valence-electron chi connectivity index (χ0n) is 13.8. The van der Waals surface area contributed by atoms with Gasteiger partial charge in [0.05, 0.1) is 23.6 Å². The first-order chi connectivity index (χ1) is 12.1. The monoisotopic (exact) mass is 357 g/mol. The highest BCUT2D eigenvalue weighted by Crippen LogP contribution is 2.30. The van der Waals surface area contributed by atoms with Gasteiger partial charge in [0.25, 0.3) is 5.91 Å². The van der Waals surface area contributed by atoms with Crippen LogP contribution in [0.4, 0.5) is 5.69 Å². The number of rotatable bonds is 7. The number of ether oxygens (including phenoxy) is 1. The number of carbonyl (C=O) groups excluding carboxylic acids is 2. The van der Waals surface area contributed by atoms with Crippen LogP contribution in [0.1, 0.15) is 0 Å². The maximum atomic E-state index is 12.4. The molecule has 0 spiro atoms. The van der Waals surface area contributed by atoms with Gasteiger partial charge in [-0.2, -0.15) is 0 Å². The molecule has 1 amide bonds. The van der Waals surface area contributed by atoms with Crippen molar-refractivity contribution in [1.29, 1.82) is 0 Å². The van der Waals surface area contributed by atoms with Crippen LogP contribution in [0, 0.1) is 5.92 Å². The van der Waals surface area contributed by atoms with Gasteiger partial charge in [-0.3, -0.25) is 9.59 Å². The summed E-state index contributed by atoms with van der Waals surface area (Å²) in [6, 6.07) is 7.50. The maximum absolute atomic E-state index is 12.4. The molecule has 2 N–H and O–H groups in total. The highest BCUT2D eigenvalue weighted by atomic mass is 32.2. The van der Waals surface area contributed by atoms with Crippen molar-refractivity contribution in [2.75, 3.05) is 13.7 Å². The smallest absolute Gasteiger partial charge is 0.314 e. The largest absolute Gasteiger partial charge is 0.468 e. The van der Waals surface area contributed by atoms with Gasteiger partial charge in [-0.15, -0.1) is 0 Å². The average Bonchev–Trinajstić information content (AvgIpc) is 2.66. The Balaban J connectivity index is 2.10. The van der Waals surface area contributed by atoms with E-state index in [1.165, 1.54) is 25.1 Å². The average molecular weight is 357 g/mol. The Bertz CT molecular complexity index is 756. The van der Waals surface area contributed by atoms with Crippen molar-refractivity contribution in [2.45, 2.75) is 4.90 Å². The molecular weight excluding hydrogens is 338 g/mol. The molecule has 0 aliphatic carbocycles. The number of hydrogen-bond donors (Lipinski definition) is 2. The Hall–Kier alpha value is -2.80. The topological polar surface area (TPSA) is 79.8 Å². The van der Waals surface area contributed by atoms with Crippen LogP contribution in [-0.2, 0) is 14.3 Å². The second-order valence-electron chi connectivity index (χ2n) is 5.02. The molecule has 1 aliphatic heterocycles. The standard InChI is InChI=1S/C18H19N3O3S/c1-4-8-12(5-2)13(18(23)24-3)11-19-17(22)16-20-14-9-6-7-10-15(14)25-21-16/h4-10,13H,1-2,11H2,3H3,(H,19,22)(H,20,21)/b12-8+. The molecule has 1 heterocycles. The number of para-hydroxylation sites is 1. The molecule has 7 heteroatoms. The molecule has 1 aromatic carbocycles. The lowest BCUT2D eigenvalue weighted by Gasteiger charge is -2.19. The lowest BCUT2D eigenvalue weighted by atomic mass is 9.98. The lowest BCUT2D eigenvalue weighted by Crippen LogP contribution is -2.42. The van der Waals surface area contributed by atoms with Crippen molar-refractivity contribution in [1.82, 2.24) is 10.0 Å². The molecule has 0 saturated heterocycles. The molecule has 0 bridgehead atoms. The number of allylic oxidation sites excluding steroid dienone is 3. The fraction of sp³-hybridized carbons (Fsp3) is 0.167. The molecule has 0 fully saturated rings. The molecule has 0 saturated carbocycles. The minimum atomic E-state index is -0.673. The number of amides is 1. The van der Waals surface area contributed by atoms with E-state index >= 15 is 0 Å². The van der Waals surface area contributed by atoms with E-state index in [4.69, 9.17) is 4.74 Å². The molecule has 2 rings (SSSR count). The number of hydrogen-bond acceptors (Lipinski definition) is 6. The normalized spacial score (nSPS) is 14.3. The summed E-state index contributed by atoms with van der Waals surface area (Å²) in [5, 5.41) is 2.70. The van der Waals surface area contributed by atoms with E-state index in [9.17, 15) is 9.59 Å². The van der Waals surface area contributed by atoms with Gasteiger partial charge in [-0.1, -0.05) is 43.5 Å². The predicted octanol–water partition coefficient (Wildman–Crippen LogP) is 2.53. The first-order valence-corrected chi connectivity index (χ1v) is 8.34. The predicted molar refractivity (Wildman–Crippen MR) is 99.5 cm³/mol. The van der Waals surface area contributed by atoms with E-state index in [1.54, 1.807) is 12.2 Å². The summed E-state index contributed by atoms with van der Waals surface area (Å²) in [7, 11) is 1.30. The Labute approximate surface area is 150 Å². The summed E-state index contributed by atoms with van der Waals surface area (Å²) in [6.07, 6.45) is 4.75. The number of benzene rings is 1. The zero-order chi connectivity index (χ0) is 18.2. The van der Waals surface area contributed by atoms with Crippen molar-refractivity contribution in [3.05, 3.63) is 61.2 Å². The summed E-state index contributed by atoms with van der Waals surface area (Å²) < 4.78 is 7.70. The Kier molecular flexibility index (Phi) is 6.59. The Morgan fingerprint density at radius 2 is 2.16 bits per heavy atom. The van der Waals surface area contributed by atoms with Crippen LogP contribution in [0.15, 0.2) is 71.1 Å². The second kappa shape index (κ2) is 8.89. The molecule has 1 unspecified atom stereocenters. The molecule has 1 aliphatic rings.